The summed E-state index contributed by atoms with van der Waals surface area (Å²) in [6, 6.07) is 11.9. The second-order valence-corrected chi connectivity index (χ2v) is 7.08. The van der Waals surface area contributed by atoms with Gasteiger partial charge in [0.05, 0.1) is 11.1 Å². The van der Waals surface area contributed by atoms with Crippen LogP contribution in [0.3, 0.4) is 0 Å². The van der Waals surface area contributed by atoms with E-state index >= 15 is 0 Å². The van der Waals surface area contributed by atoms with E-state index in [0.717, 1.165) is 23.2 Å². The fourth-order valence-electron chi connectivity index (χ4n) is 3.67. The Morgan fingerprint density at radius 1 is 1.26 bits per heavy atom. The molecule has 27 heavy (non-hydrogen) atoms. The summed E-state index contributed by atoms with van der Waals surface area (Å²) < 4.78 is 13.8. The van der Waals surface area contributed by atoms with Crippen LogP contribution in [-0.2, 0) is 0 Å². The fourth-order valence-corrected chi connectivity index (χ4v) is 3.90. The lowest BCUT2D eigenvalue weighted by molar-refractivity contribution is 0.100. The van der Waals surface area contributed by atoms with Crippen LogP contribution in [0.1, 0.15) is 21.8 Å². The van der Waals surface area contributed by atoms with Gasteiger partial charge in [0.1, 0.15) is 5.82 Å². The molecule has 7 heteroatoms. The molecule has 1 saturated heterocycles. The van der Waals surface area contributed by atoms with Crippen molar-refractivity contribution < 1.29 is 9.18 Å². The van der Waals surface area contributed by atoms with E-state index in [4.69, 9.17) is 17.3 Å². The van der Waals surface area contributed by atoms with Crippen molar-refractivity contribution in [3.8, 4) is 0 Å². The minimum atomic E-state index is -0.514. The van der Waals surface area contributed by atoms with Crippen LogP contribution < -0.4 is 16.4 Å². The lowest BCUT2D eigenvalue weighted by Gasteiger charge is -2.23. The summed E-state index contributed by atoms with van der Waals surface area (Å²) in [5.74, 6) is -0.801. The number of carbonyl (C=O) groups excluding carboxylic acids is 1. The summed E-state index contributed by atoms with van der Waals surface area (Å²) in [6.07, 6.45) is 1.63. The first-order valence-corrected chi connectivity index (χ1v) is 9.01. The fraction of sp³-hybridized carbons (Fsp3) is 0.200. The van der Waals surface area contributed by atoms with E-state index in [1.807, 2.05) is 18.2 Å². The summed E-state index contributed by atoms with van der Waals surface area (Å²) in [5, 5.41) is 8.06. The Labute approximate surface area is 160 Å². The molecule has 0 aliphatic carbocycles. The van der Waals surface area contributed by atoms with E-state index in [1.54, 1.807) is 18.3 Å². The number of halogens is 2. The molecular weight excluding hydrogens is 367 g/mol. The number of benzene rings is 2. The molecule has 0 bridgehead atoms. The van der Waals surface area contributed by atoms with E-state index in [9.17, 15) is 9.18 Å². The van der Waals surface area contributed by atoms with Gasteiger partial charge in [0.25, 0.3) is 5.91 Å². The number of rotatable bonds is 4. The molecule has 1 aliphatic heterocycles. The first kappa shape index (κ1) is 17.7. The van der Waals surface area contributed by atoms with Gasteiger partial charge in [0, 0.05) is 47.3 Å². The summed E-state index contributed by atoms with van der Waals surface area (Å²) in [7, 11) is 0. The Kier molecular flexibility index (Phi) is 4.68. The Bertz CT molecular complexity index is 1010. The van der Waals surface area contributed by atoms with Gasteiger partial charge in [-0.2, -0.15) is 0 Å². The molecule has 3 aromatic rings. The van der Waals surface area contributed by atoms with Crippen LogP contribution in [-0.4, -0.2) is 30.0 Å². The van der Waals surface area contributed by atoms with Crippen LogP contribution in [0, 0.1) is 5.82 Å². The number of hydrogen-bond donors (Lipinski definition) is 3. The third-order valence-corrected chi connectivity index (χ3v) is 5.12. The van der Waals surface area contributed by atoms with Gasteiger partial charge in [0.15, 0.2) is 0 Å². The van der Waals surface area contributed by atoms with Crippen LogP contribution in [0.25, 0.3) is 10.9 Å². The molecule has 1 aromatic heterocycles. The van der Waals surface area contributed by atoms with Gasteiger partial charge in [-0.15, -0.1) is 0 Å². The van der Waals surface area contributed by atoms with E-state index in [0.29, 0.717) is 22.6 Å². The van der Waals surface area contributed by atoms with Gasteiger partial charge in [-0.25, -0.2) is 4.39 Å². The molecule has 5 nitrogen and oxygen atoms in total. The van der Waals surface area contributed by atoms with Gasteiger partial charge in [-0.1, -0.05) is 11.6 Å². The van der Waals surface area contributed by atoms with Gasteiger partial charge in [-0.3, -0.25) is 9.78 Å². The quantitative estimate of drug-likeness (QED) is 0.644. The number of amides is 1. The average Bonchev–Trinajstić information content (AvgIpc) is 3.09. The standard InChI is InChI=1S/C20H18ClFN4O/c21-12-6-11(7-13(22)8-12)16-9-24-10-18(16)26-17-4-3-15(20(23)27)19-14(17)2-1-5-25-19/h1-8,16,18,24,26H,9-10H2,(H2,23,27). The maximum absolute atomic E-state index is 13.8. The SMILES string of the molecule is NC(=O)c1ccc(NC2CNCC2c2cc(F)cc(Cl)c2)c2cccnc12. The summed E-state index contributed by atoms with van der Waals surface area (Å²) in [6.45, 7) is 1.44. The van der Waals surface area contributed by atoms with Crippen LogP contribution in [0.2, 0.25) is 5.02 Å². The minimum Gasteiger partial charge on any atom is -0.380 e. The summed E-state index contributed by atoms with van der Waals surface area (Å²) in [5.41, 5.74) is 8.10. The summed E-state index contributed by atoms with van der Waals surface area (Å²) in [4.78, 5) is 16.0. The Hall–Kier alpha value is -2.70. The molecule has 138 valence electrons. The van der Waals surface area contributed by atoms with Crippen molar-refractivity contribution in [2.24, 2.45) is 5.73 Å². The highest BCUT2D eigenvalue weighted by Gasteiger charge is 2.29. The monoisotopic (exact) mass is 384 g/mol. The predicted molar refractivity (Wildman–Crippen MR) is 105 cm³/mol. The lowest BCUT2D eigenvalue weighted by Crippen LogP contribution is -2.27. The van der Waals surface area contributed by atoms with Crippen molar-refractivity contribution in [3.63, 3.8) is 0 Å². The van der Waals surface area contributed by atoms with Crippen molar-refractivity contribution in [2.45, 2.75) is 12.0 Å². The van der Waals surface area contributed by atoms with Crippen LogP contribution >= 0.6 is 11.6 Å². The molecule has 0 saturated carbocycles. The van der Waals surface area contributed by atoms with Crippen LogP contribution in [0.15, 0.2) is 48.7 Å². The zero-order valence-corrected chi connectivity index (χ0v) is 15.1. The third kappa shape index (κ3) is 3.46. The van der Waals surface area contributed by atoms with Crippen molar-refractivity contribution in [3.05, 3.63) is 70.6 Å². The zero-order chi connectivity index (χ0) is 19.0. The largest absolute Gasteiger partial charge is 0.380 e. The van der Waals surface area contributed by atoms with Gasteiger partial charge < -0.3 is 16.4 Å². The molecule has 1 aliphatic rings. The normalized spacial score (nSPS) is 19.3. The van der Waals surface area contributed by atoms with Crippen molar-refractivity contribution in [1.82, 2.24) is 10.3 Å². The molecule has 4 rings (SSSR count). The molecular formula is C20H18ClFN4O. The number of carbonyl (C=O) groups is 1. The number of primary amides is 1. The molecule has 0 radical (unpaired) electrons. The highest BCUT2D eigenvalue weighted by Crippen LogP contribution is 2.31. The highest BCUT2D eigenvalue weighted by atomic mass is 35.5. The minimum absolute atomic E-state index is 0.0331. The topological polar surface area (TPSA) is 80.0 Å². The first-order valence-electron chi connectivity index (χ1n) is 8.63. The van der Waals surface area contributed by atoms with Crippen LogP contribution in [0.5, 0.6) is 0 Å². The van der Waals surface area contributed by atoms with E-state index in [2.05, 4.69) is 15.6 Å². The number of fused-ring (bicyclic) bond motifs is 1. The van der Waals surface area contributed by atoms with Gasteiger partial charge in [0.2, 0.25) is 0 Å². The number of nitrogens with two attached hydrogens (primary N) is 1. The van der Waals surface area contributed by atoms with Crippen LogP contribution in [0.4, 0.5) is 10.1 Å². The molecule has 2 atom stereocenters. The zero-order valence-electron chi connectivity index (χ0n) is 14.4. The second-order valence-electron chi connectivity index (χ2n) is 6.64. The Balaban J connectivity index is 1.69. The second kappa shape index (κ2) is 7.13. The molecule has 0 spiro atoms. The van der Waals surface area contributed by atoms with E-state index < -0.39 is 5.91 Å². The maximum atomic E-state index is 13.8. The van der Waals surface area contributed by atoms with Crippen molar-refractivity contribution in [2.75, 3.05) is 18.4 Å². The number of anilines is 1. The number of nitrogens with zero attached hydrogens (tertiary/aromatic N) is 1. The first-order chi connectivity index (χ1) is 13.0. The average molecular weight is 385 g/mol. The number of aromatic nitrogens is 1. The smallest absolute Gasteiger partial charge is 0.250 e. The van der Waals surface area contributed by atoms with Gasteiger partial charge >= 0.3 is 0 Å². The Morgan fingerprint density at radius 3 is 2.89 bits per heavy atom. The maximum Gasteiger partial charge on any atom is 0.250 e. The number of pyridine rings is 1. The molecule has 4 N–H and O–H groups in total. The van der Waals surface area contributed by atoms with Crippen molar-refractivity contribution in [1.29, 1.82) is 0 Å². The molecule has 2 aromatic carbocycles. The lowest BCUT2D eigenvalue weighted by atomic mass is 9.93. The van der Waals surface area contributed by atoms with Gasteiger partial charge in [-0.05, 0) is 48.0 Å². The molecule has 2 heterocycles. The summed E-state index contributed by atoms with van der Waals surface area (Å²) >= 11 is 6.03. The van der Waals surface area contributed by atoms with Crippen molar-refractivity contribution >= 4 is 34.1 Å². The highest BCUT2D eigenvalue weighted by molar-refractivity contribution is 6.30. The number of nitrogens with one attached hydrogen (secondary N) is 2. The third-order valence-electron chi connectivity index (χ3n) is 4.90. The van der Waals surface area contributed by atoms with E-state index in [-0.39, 0.29) is 17.8 Å². The Morgan fingerprint density at radius 2 is 2.11 bits per heavy atom. The predicted octanol–water partition coefficient (Wildman–Crippen LogP) is 3.29. The molecule has 1 fully saturated rings. The molecule has 1 amide bonds. The number of hydrogen-bond acceptors (Lipinski definition) is 4. The van der Waals surface area contributed by atoms with E-state index in [1.165, 1.54) is 12.1 Å². The molecule has 2 unspecified atom stereocenters.